The summed E-state index contributed by atoms with van der Waals surface area (Å²) in [6, 6.07) is 12.3. The van der Waals surface area contributed by atoms with E-state index in [0.717, 1.165) is 24.8 Å². The van der Waals surface area contributed by atoms with Gasteiger partial charge in [-0.05, 0) is 56.2 Å². The fraction of sp³-hybridized carbons (Fsp3) is 0.423. The number of unbranched alkanes of at least 4 members (excludes halogenated alkanes) is 2. The fourth-order valence-electron chi connectivity index (χ4n) is 4.07. The topological polar surface area (TPSA) is 64.4 Å². The highest BCUT2D eigenvalue weighted by atomic mass is 35.5. The van der Waals surface area contributed by atoms with Gasteiger partial charge in [-0.15, -0.1) is 0 Å². The van der Waals surface area contributed by atoms with Crippen LogP contribution < -0.4 is 5.56 Å². The molecule has 0 bridgehead atoms. The molecule has 1 heterocycles. The third-order valence-corrected chi connectivity index (χ3v) is 6.13. The SMILES string of the molecule is CCCCCC(=O)N(CCOC)C(C)c1nc2ccccc2c(=O)n1-c1ccc(Cl)cc1C. The number of para-hydroxylation sites is 1. The Morgan fingerprint density at radius 2 is 1.97 bits per heavy atom. The monoisotopic (exact) mass is 469 g/mol. The van der Waals surface area contributed by atoms with E-state index in [4.69, 9.17) is 21.3 Å². The van der Waals surface area contributed by atoms with Crippen LogP contribution in [0.15, 0.2) is 47.3 Å². The molecular weight excluding hydrogens is 438 g/mol. The van der Waals surface area contributed by atoms with E-state index >= 15 is 0 Å². The van der Waals surface area contributed by atoms with Crippen molar-refractivity contribution in [3.8, 4) is 5.69 Å². The molecule has 7 heteroatoms. The Morgan fingerprint density at radius 3 is 2.67 bits per heavy atom. The third-order valence-electron chi connectivity index (χ3n) is 5.89. The summed E-state index contributed by atoms with van der Waals surface area (Å²) in [6.07, 6.45) is 3.34. The zero-order valence-corrected chi connectivity index (χ0v) is 20.6. The van der Waals surface area contributed by atoms with Gasteiger partial charge < -0.3 is 9.64 Å². The average Bonchev–Trinajstić information content (AvgIpc) is 2.80. The van der Waals surface area contributed by atoms with Crippen molar-refractivity contribution >= 4 is 28.4 Å². The number of benzene rings is 2. The maximum atomic E-state index is 13.7. The van der Waals surface area contributed by atoms with E-state index in [2.05, 4.69) is 6.92 Å². The van der Waals surface area contributed by atoms with Crippen molar-refractivity contribution in [1.29, 1.82) is 0 Å². The molecule has 6 nitrogen and oxygen atoms in total. The number of aryl methyl sites for hydroxylation is 1. The zero-order valence-electron chi connectivity index (χ0n) is 19.8. The highest BCUT2D eigenvalue weighted by Crippen LogP contribution is 2.26. The number of carbonyl (C=O) groups is 1. The molecule has 0 aliphatic carbocycles. The van der Waals surface area contributed by atoms with E-state index < -0.39 is 6.04 Å². The molecular formula is C26H32ClN3O3. The Labute approximate surface area is 200 Å². The first-order chi connectivity index (χ1) is 15.9. The van der Waals surface area contributed by atoms with Crippen molar-refractivity contribution in [3.05, 3.63) is 69.2 Å². The Balaban J connectivity index is 2.18. The molecule has 0 fully saturated rings. The van der Waals surface area contributed by atoms with Crippen LogP contribution in [-0.4, -0.2) is 40.6 Å². The third kappa shape index (κ3) is 5.63. The van der Waals surface area contributed by atoms with Crippen LogP contribution in [0.3, 0.4) is 0 Å². The molecule has 3 rings (SSSR count). The van der Waals surface area contributed by atoms with Gasteiger partial charge in [0, 0.05) is 25.1 Å². The van der Waals surface area contributed by atoms with Crippen LogP contribution >= 0.6 is 11.6 Å². The average molecular weight is 470 g/mol. The Kier molecular flexibility index (Phi) is 8.64. The van der Waals surface area contributed by atoms with Gasteiger partial charge in [-0.2, -0.15) is 0 Å². The number of carbonyl (C=O) groups excluding carboxylic acids is 1. The quantitative estimate of drug-likeness (QED) is 0.369. The summed E-state index contributed by atoms with van der Waals surface area (Å²) in [6.45, 7) is 6.77. The number of hydrogen-bond acceptors (Lipinski definition) is 4. The van der Waals surface area contributed by atoms with Gasteiger partial charge in [0.15, 0.2) is 0 Å². The number of methoxy groups -OCH3 is 1. The van der Waals surface area contributed by atoms with E-state index in [-0.39, 0.29) is 11.5 Å². The Hall–Kier alpha value is -2.70. The van der Waals surface area contributed by atoms with Gasteiger partial charge in [-0.25, -0.2) is 4.98 Å². The molecule has 0 radical (unpaired) electrons. The van der Waals surface area contributed by atoms with Crippen LogP contribution in [0.25, 0.3) is 16.6 Å². The maximum absolute atomic E-state index is 13.7. The predicted octanol–water partition coefficient (Wildman–Crippen LogP) is 5.46. The summed E-state index contributed by atoms with van der Waals surface area (Å²) in [4.78, 5) is 33.5. The molecule has 1 aromatic heterocycles. The minimum atomic E-state index is -0.429. The van der Waals surface area contributed by atoms with Crippen LogP contribution in [0.2, 0.25) is 5.02 Å². The van der Waals surface area contributed by atoms with Crippen LogP contribution in [0.5, 0.6) is 0 Å². The molecule has 1 atom stereocenters. The molecule has 33 heavy (non-hydrogen) atoms. The number of halogens is 1. The lowest BCUT2D eigenvalue weighted by atomic mass is 10.1. The van der Waals surface area contributed by atoms with Gasteiger partial charge in [-0.3, -0.25) is 14.2 Å². The molecule has 2 aromatic carbocycles. The Morgan fingerprint density at radius 1 is 1.21 bits per heavy atom. The van der Waals surface area contributed by atoms with E-state index in [1.54, 1.807) is 28.7 Å². The van der Waals surface area contributed by atoms with Crippen molar-refractivity contribution < 1.29 is 9.53 Å². The molecule has 0 saturated heterocycles. The van der Waals surface area contributed by atoms with Crippen molar-refractivity contribution in [3.63, 3.8) is 0 Å². The highest BCUT2D eigenvalue weighted by molar-refractivity contribution is 6.30. The first kappa shape index (κ1) is 24.9. The maximum Gasteiger partial charge on any atom is 0.266 e. The first-order valence-electron chi connectivity index (χ1n) is 11.5. The molecule has 176 valence electrons. The van der Waals surface area contributed by atoms with Crippen LogP contribution in [0.1, 0.15) is 57.0 Å². The highest BCUT2D eigenvalue weighted by Gasteiger charge is 2.27. The molecule has 0 aliphatic heterocycles. The molecule has 0 saturated carbocycles. The molecule has 0 spiro atoms. The number of ether oxygens (including phenoxy) is 1. The Bertz CT molecular complexity index is 1180. The molecule has 3 aromatic rings. The number of amides is 1. The van der Waals surface area contributed by atoms with Crippen LogP contribution in [0, 0.1) is 6.92 Å². The second kappa shape index (κ2) is 11.4. The lowest BCUT2D eigenvalue weighted by molar-refractivity contribution is -0.134. The van der Waals surface area contributed by atoms with Crippen molar-refractivity contribution in [2.45, 2.75) is 52.5 Å². The zero-order chi connectivity index (χ0) is 24.0. The minimum Gasteiger partial charge on any atom is -0.383 e. The molecule has 0 N–H and O–H groups in total. The van der Waals surface area contributed by atoms with Gasteiger partial charge in [0.25, 0.3) is 5.56 Å². The second-order valence-corrected chi connectivity index (χ2v) is 8.71. The van der Waals surface area contributed by atoms with E-state index in [1.807, 2.05) is 44.2 Å². The summed E-state index contributed by atoms with van der Waals surface area (Å²) in [5.41, 5.74) is 2.00. The summed E-state index contributed by atoms with van der Waals surface area (Å²) in [5.74, 6) is 0.554. The van der Waals surface area contributed by atoms with Crippen LogP contribution in [0.4, 0.5) is 0 Å². The van der Waals surface area contributed by atoms with E-state index in [9.17, 15) is 9.59 Å². The second-order valence-electron chi connectivity index (χ2n) is 8.27. The van der Waals surface area contributed by atoms with Gasteiger partial charge in [0.05, 0.1) is 29.2 Å². The smallest absolute Gasteiger partial charge is 0.266 e. The number of nitrogens with zero attached hydrogens (tertiary/aromatic N) is 3. The van der Waals surface area contributed by atoms with E-state index in [0.29, 0.717) is 47.0 Å². The lowest BCUT2D eigenvalue weighted by Crippen LogP contribution is -2.39. The van der Waals surface area contributed by atoms with Crippen LogP contribution in [-0.2, 0) is 9.53 Å². The predicted molar refractivity (Wildman–Crippen MR) is 133 cm³/mol. The minimum absolute atomic E-state index is 0.0368. The largest absolute Gasteiger partial charge is 0.383 e. The van der Waals surface area contributed by atoms with Crippen molar-refractivity contribution in [1.82, 2.24) is 14.5 Å². The van der Waals surface area contributed by atoms with Gasteiger partial charge in [-0.1, -0.05) is 43.5 Å². The number of hydrogen-bond donors (Lipinski definition) is 0. The van der Waals surface area contributed by atoms with Gasteiger partial charge in [0.2, 0.25) is 5.91 Å². The summed E-state index contributed by atoms with van der Waals surface area (Å²) < 4.78 is 6.90. The molecule has 1 unspecified atom stereocenters. The van der Waals surface area contributed by atoms with Gasteiger partial charge in [0.1, 0.15) is 5.82 Å². The van der Waals surface area contributed by atoms with Crippen molar-refractivity contribution in [2.75, 3.05) is 20.3 Å². The number of fused-ring (bicyclic) bond motifs is 1. The number of aromatic nitrogens is 2. The molecule has 0 aliphatic rings. The normalized spacial score (nSPS) is 12.2. The summed E-state index contributed by atoms with van der Waals surface area (Å²) >= 11 is 6.18. The van der Waals surface area contributed by atoms with Gasteiger partial charge >= 0.3 is 0 Å². The number of rotatable bonds is 10. The van der Waals surface area contributed by atoms with Crippen molar-refractivity contribution in [2.24, 2.45) is 0 Å². The summed E-state index contributed by atoms with van der Waals surface area (Å²) in [5, 5.41) is 1.13. The first-order valence-corrected chi connectivity index (χ1v) is 11.8. The summed E-state index contributed by atoms with van der Waals surface area (Å²) in [7, 11) is 1.62. The molecule has 1 amide bonds. The van der Waals surface area contributed by atoms with E-state index in [1.165, 1.54) is 0 Å². The fourth-order valence-corrected chi connectivity index (χ4v) is 4.29. The lowest BCUT2D eigenvalue weighted by Gasteiger charge is -2.31. The standard InChI is InChI=1S/C26H32ClN3O3/c1-5-6-7-12-24(31)29(15-16-33-4)19(3)25-28-22-11-9-8-10-21(22)26(32)30(25)23-14-13-20(27)17-18(23)2/h8-11,13-14,17,19H,5-7,12,15-16H2,1-4H3.